The Hall–Kier alpha value is -0.570. The first-order valence-corrected chi connectivity index (χ1v) is 7.19. The van der Waals surface area contributed by atoms with Crippen LogP contribution in [0.3, 0.4) is 0 Å². The van der Waals surface area contributed by atoms with Crippen molar-refractivity contribution in [3.63, 3.8) is 0 Å². The molecule has 2 saturated carbocycles. The lowest BCUT2D eigenvalue weighted by Crippen LogP contribution is -2.55. The lowest BCUT2D eigenvalue weighted by molar-refractivity contribution is -0.144. The highest BCUT2D eigenvalue weighted by Gasteiger charge is 2.59. The highest BCUT2D eigenvalue weighted by atomic mass is 16.5. The lowest BCUT2D eigenvalue weighted by Gasteiger charge is -2.44. The van der Waals surface area contributed by atoms with E-state index in [4.69, 9.17) is 4.74 Å². The van der Waals surface area contributed by atoms with Crippen LogP contribution in [0.4, 0.5) is 0 Å². The number of ether oxygens (including phenoxy) is 1. The second-order valence-corrected chi connectivity index (χ2v) is 7.00. The summed E-state index contributed by atoms with van der Waals surface area (Å²) >= 11 is 0. The summed E-state index contributed by atoms with van der Waals surface area (Å²) in [5.41, 5.74) is 0.643. The largest absolute Gasteiger partial charge is 0.468 e. The van der Waals surface area contributed by atoms with Gasteiger partial charge in [0.1, 0.15) is 6.04 Å². The zero-order valence-corrected chi connectivity index (χ0v) is 12.4. The molecule has 18 heavy (non-hydrogen) atoms. The first-order valence-electron chi connectivity index (χ1n) is 7.19. The SMILES string of the molecule is CCC(NC1C2(C)CCC(C2)C1(C)C)C(=O)OC. The van der Waals surface area contributed by atoms with Crippen molar-refractivity contribution in [3.05, 3.63) is 0 Å². The van der Waals surface area contributed by atoms with E-state index in [0.717, 1.165) is 12.3 Å². The van der Waals surface area contributed by atoms with Crippen LogP contribution in [0.1, 0.15) is 53.4 Å². The predicted molar refractivity (Wildman–Crippen MR) is 72.2 cm³/mol. The van der Waals surface area contributed by atoms with Gasteiger partial charge >= 0.3 is 5.97 Å². The van der Waals surface area contributed by atoms with Gasteiger partial charge in [0.15, 0.2) is 0 Å². The minimum absolute atomic E-state index is 0.125. The maximum Gasteiger partial charge on any atom is 0.322 e. The van der Waals surface area contributed by atoms with Gasteiger partial charge in [-0.15, -0.1) is 0 Å². The maximum atomic E-state index is 11.8. The summed E-state index contributed by atoms with van der Waals surface area (Å²) in [6, 6.07) is 0.267. The van der Waals surface area contributed by atoms with Crippen LogP contribution in [0, 0.1) is 16.7 Å². The monoisotopic (exact) mass is 253 g/mol. The van der Waals surface area contributed by atoms with E-state index in [-0.39, 0.29) is 17.4 Å². The van der Waals surface area contributed by atoms with E-state index in [0.29, 0.717) is 11.5 Å². The number of carbonyl (C=O) groups excluding carboxylic acids is 1. The smallest absolute Gasteiger partial charge is 0.322 e. The van der Waals surface area contributed by atoms with Gasteiger partial charge in [-0.2, -0.15) is 0 Å². The molecule has 0 heterocycles. The fraction of sp³-hybridized carbons (Fsp3) is 0.933. The van der Waals surface area contributed by atoms with Crippen molar-refractivity contribution >= 4 is 5.97 Å². The molecule has 0 amide bonds. The second kappa shape index (κ2) is 4.52. The third-order valence-electron chi connectivity index (χ3n) is 5.53. The molecule has 0 aromatic rings. The van der Waals surface area contributed by atoms with E-state index < -0.39 is 0 Å². The van der Waals surface area contributed by atoms with Gasteiger partial charge in [-0.1, -0.05) is 27.7 Å². The average molecular weight is 253 g/mol. The number of esters is 1. The molecule has 0 aromatic carbocycles. The van der Waals surface area contributed by atoms with Crippen molar-refractivity contribution in [1.82, 2.24) is 5.32 Å². The van der Waals surface area contributed by atoms with Gasteiger partial charge in [0.05, 0.1) is 7.11 Å². The number of hydrogen-bond acceptors (Lipinski definition) is 3. The van der Waals surface area contributed by atoms with Crippen LogP contribution in [-0.4, -0.2) is 25.2 Å². The molecular weight excluding hydrogens is 226 g/mol. The molecule has 0 aromatic heterocycles. The van der Waals surface area contributed by atoms with Gasteiger partial charge < -0.3 is 10.1 Å². The minimum atomic E-state index is -0.157. The summed E-state index contributed by atoms with van der Waals surface area (Å²) in [6.45, 7) is 9.12. The molecule has 0 spiro atoms. The quantitative estimate of drug-likeness (QED) is 0.783. The van der Waals surface area contributed by atoms with E-state index in [1.54, 1.807) is 0 Å². The number of nitrogens with one attached hydrogen (secondary N) is 1. The number of methoxy groups -OCH3 is 1. The fourth-order valence-electron chi connectivity index (χ4n) is 4.41. The molecule has 2 fully saturated rings. The number of hydrogen-bond donors (Lipinski definition) is 1. The van der Waals surface area contributed by atoms with Gasteiger partial charge in [0.25, 0.3) is 0 Å². The summed E-state index contributed by atoms with van der Waals surface area (Å²) in [5.74, 6) is 0.676. The van der Waals surface area contributed by atoms with Gasteiger partial charge in [0, 0.05) is 6.04 Å². The van der Waals surface area contributed by atoms with Crippen LogP contribution >= 0.6 is 0 Å². The highest BCUT2D eigenvalue weighted by molar-refractivity contribution is 5.75. The molecule has 3 nitrogen and oxygen atoms in total. The van der Waals surface area contributed by atoms with Crippen LogP contribution < -0.4 is 5.32 Å². The Morgan fingerprint density at radius 2 is 2.11 bits per heavy atom. The third-order valence-corrected chi connectivity index (χ3v) is 5.53. The standard InChI is InChI=1S/C15H27NO2/c1-6-11(12(17)18-5)16-13-14(2,3)10-7-8-15(13,4)9-10/h10-11,13,16H,6-9H2,1-5H3. The molecule has 0 aliphatic heterocycles. The Labute approximate surface area is 111 Å². The van der Waals surface area contributed by atoms with Gasteiger partial charge in [-0.25, -0.2) is 0 Å². The zero-order valence-electron chi connectivity index (χ0n) is 12.4. The molecule has 2 aliphatic carbocycles. The lowest BCUT2D eigenvalue weighted by atomic mass is 9.68. The molecule has 4 unspecified atom stereocenters. The first kappa shape index (κ1) is 13.9. The topological polar surface area (TPSA) is 38.3 Å². The van der Waals surface area contributed by atoms with Gasteiger partial charge in [0.2, 0.25) is 0 Å². The van der Waals surface area contributed by atoms with Gasteiger partial charge in [-0.3, -0.25) is 4.79 Å². The molecule has 2 aliphatic rings. The molecule has 2 rings (SSSR count). The van der Waals surface area contributed by atoms with Crippen LogP contribution in [0.5, 0.6) is 0 Å². The summed E-state index contributed by atoms with van der Waals surface area (Å²) in [5, 5.41) is 3.60. The third kappa shape index (κ3) is 1.97. The van der Waals surface area contributed by atoms with Crippen LogP contribution in [0.15, 0.2) is 0 Å². The number of carbonyl (C=O) groups is 1. The van der Waals surface area contributed by atoms with E-state index in [2.05, 4.69) is 26.1 Å². The highest BCUT2D eigenvalue weighted by Crippen LogP contribution is 2.62. The number of fused-ring (bicyclic) bond motifs is 2. The van der Waals surface area contributed by atoms with E-state index in [1.165, 1.54) is 26.4 Å². The van der Waals surface area contributed by atoms with Crippen LogP contribution in [0.2, 0.25) is 0 Å². The van der Waals surface area contributed by atoms with E-state index in [9.17, 15) is 4.79 Å². The van der Waals surface area contributed by atoms with Crippen molar-refractivity contribution in [2.45, 2.75) is 65.5 Å². The molecule has 104 valence electrons. The molecule has 4 atom stereocenters. The fourth-order valence-corrected chi connectivity index (χ4v) is 4.41. The van der Waals surface area contributed by atoms with Crippen molar-refractivity contribution in [2.24, 2.45) is 16.7 Å². The Bertz CT molecular complexity index is 335. The zero-order chi connectivity index (χ0) is 13.6. The minimum Gasteiger partial charge on any atom is -0.468 e. The Balaban J connectivity index is 2.15. The van der Waals surface area contributed by atoms with E-state index >= 15 is 0 Å². The van der Waals surface area contributed by atoms with Crippen molar-refractivity contribution in [3.8, 4) is 0 Å². The van der Waals surface area contributed by atoms with E-state index in [1.807, 2.05) is 6.92 Å². The van der Waals surface area contributed by atoms with Crippen LogP contribution in [0.25, 0.3) is 0 Å². The summed E-state index contributed by atoms with van der Waals surface area (Å²) < 4.78 is 4.89. The Morgan fingerprint density at radius 1 is 1.44 bits per heavy atom. The van der Waals surface area contributed by atoms with Crippen molar-refractivity contribution in [2.75, 3.05) is 7.11 Å². The Kier molecular flexibility index (Phi) is 3.48. The molecule has 3 heteroatoms. The first-order chi connectivity index (χ1) is 8.35. The average Bonchev–Trinajstić information content (AvgIpc) is 2.79. The van der Waals surface area contributed by atoms with Crippen molar-refractivity contribution in [1.29, 1.82) is 0 Å². The second-order valence-electron chi connectivity index (χ2n) is 7.00. The normalized spacial score (nSPS) is 38.7. The van der Waals surface area contributed by atoms with Crippen LogP contribution in [-0.2, 0) is 9.53 Å². The number of rotatable bonds is 4. The maximum absolute atomic E-state index is 11.8. The molecule has 0 radical (unpaired) electrons. The predicted octanol–water partition coefficient (Wildman–Crippen LogP) is 2.74. The summed E-state index contributed by atoms with van der Waals surface area (Å²) in [4.78, 5) is 11.8. The molecule has 1 N–H and O–H groups in total. The van der Waals surface area contributed by atoms with Crippen molar-refractivity contribution < 1.29 is 9.53 Å². The van der Waals surface area contributed by atoms with Gasteiger partial charge in [-0.05, 0) is 42.4 Å². The summed E-state index contributed by atoms with van der Waals surface area (Å²) in [7, 11) is 1.47. The molecule has 0 saturated heterocycles. The summed E-state index contributed by atoms with van der Waals surface area (Å²) in [6.07, 6.45) is 4.72. The molecular formula is C15H27NO2. The Morgan fingerprint density at radius 3 is 2.56 bits per heavy atom. The molecule has 2 bridgehead atoms.